The molecule has 2 aromatic rings. The molecule has 3 rings (SSSR count). The monoisotopic (exact) mass is 386 g/mol. The maximum Gasteiger partial charge on any atom is 0.253 e. The van der Waals surface area contributed by atoms with Crippen molar-refractivity contribution in [3.63, 3.8) is 0 Å². The fourth-order valence-electron chi connectivity index (χ4n) is 3.52. The Labute approximate surface area is 161 Å². The van der Waals surface area contributed by atoms with E-state index in [0.29, 0.717) is 17.4 Å². The molecule has 0 spiro atoms. The van der Waals surface area contributed by atoms with Gasteiger partial charge in [0, 0.05) is 25.2 Å². The van der Waals surface area contributed by atoms with E-state index in [0.717, 1.165) is 43.5 Å². The molecule has 1 aliphatic heterocycles. The zero-order chi connectivity index (χ0) is 19.3. The Hall–Kier alpha value is -2.18. The van der Waals surface area contributed by atoms with Crippen molar-refractivity contribution in [2.45, 2.75) is 31.1 Å². The van der Waals surface area contributed by atoms with Crippen molar-refractivity contribution < 1.29 is 13.2 Å². The van der Waals surface area contributed by atoms with Gasteiger partial charge in [0.25, 0.3) is 5.91 Å². The van der Waals surface area contributed by atoms with Crippen molar-refractivity contribution >= 4 is 15.9 Å². The standard InChI is InChI=1S/C21H26N2O3S/c1-17-7-5-6-10-20(17)27(25,26)22-14-11-18-12-15-23(16-13-18)21(24)19-8-3-2-4-9-19/h2-10,18,22H,11-16H2,1H3. The number of rotatable bonds is 6. The molecule has 27 heavy (non-hydrogen) atoms. The van der Waals surface area contributed by atoms with Gasteiger partial charge in [-0.25, -0.2) is 13.1 Å². The van der Waals surface area contributed by atoms with Crippen molar-refractivity contribution in [3.8, 4) is 0 Å². The van der Waals surface area contributed by atoms with E-state index in [1.54, 1.807) is 25.1 Å². The van der Waals surface area contributed by atoms with Crippen LogP contribution in [0.3, 0.4) is 0 Å². The fraction of sp³-hybridized carbons (Fsp3) is 0.381. The Bertz CT molecular complexity index is 873. The van der Waals surface area contributed by atoms with Crippen molar-refractivity contribution in [1.29, 1.82) is 0 Å². The van der Waals surface area contributed by atoms with Gasteiger partial charge in [0.1, 0.15) is 0 Å². The summed E-state index contributed by atoms with van der Waals surface area (Å²) in [7, 11) is -3.47. The Morgan fingerprint density at radius 1 is 1.04 bits per heavy atom. The van der Waals surface area contributed by atoms with E-state index in [4.69, 9.17) is 0 Å². The van der Waals surface area contributed by atoms with Crippen LogP contribution >= 0.6 is 0 Å². The van der Waals surface area contributed by atoms with Gasteiger partial charge in [-0.2, -0.15) is 0 Å². The van der Waals surface area contributed by atoms with E-state index in [1.165, 1.54) is 0 Å². The molecule has 1 N–H and O–H groups in total. The molecule has 0 saturated carbocycles. The van der Waals surface area contributed by atoms with E-state index in [1.807, 2.05) is 41.3 Å². The van der Waals surface area contributed by atoms with E-state index >= 15 is 0 Å². The highest BCUT2D eigenvalue weighted by molar-refractivity contribution is 7.89. The molecular weight excluding hydrogens is 360 g/mol. The van der Waals surface area contributed by atoms with E-state index in [9.17, 15) is 13.2 Å². The van der Waals surface area contributed by atoms with Crippen LogP contribution in [0.4, 0.5) is 0 Å². The van der Waals surface area contributed by atoms with E-state index in [-0.39, 0.29) is 5.91 Å². The van der Waals surface area contributed by atoms with Gasteiger partial charge in [0.05, 0.1) is 4.90 Å². The molecule has 5 nitrogen and oxygen atoms in total. The molecule has 0 aromatic heterocycles. The highest BCUT2D eigenvalue weighted by Gasteiger charge is 2.24. The number of hydrogen-bond donors (Lipinski definition) is 1. The summed E-state index contributed by atoms with van der Waals surface area (Å²) in [5, 5.41) is 0. The second-order valence-corrected chi connectivity index (χ2v) is 8.79. The third kappa shape index (κ3) is 4.96. The second-order valence-electron chi connectivity index (χ2n) is 7.05. The summed E-state index contributed by atoms with van der Waals surface area (Å²) < 4.78 is 27.6. The SMILES string of the molecule is Cc1ccccc1S(=O)(=O)NCCC1CCN(C(=O)c2ccccc2)CC1. The summed E-state index contributed by atoms with van der Waals surface area (Å²) in [6, 6.07) is 16.3. The summed E-state index contributed by atoms with van der Waals surface area (Å²) in [6.45, 7) is 3.67. The van der Waals surface area contributed by atoms with Crippen LogP contribution in [0.25, 0.3) is 0 Å². The smallest absolute Gasteiger partial charge is 0.253 e. The van der Waals surface area contributed by atoms with Gasteiger partial charge in [0.15, 0.2) is 0 Å². The average Bonchev–Trinajstić information content (AvgIpc) is 2.69. The number of nitrogens with zero attached hydrogens (tertiary/aromatic N) is 1. The molecule has 144 valence electrons. The molecular formula is C21H26N2O3S. The lowest BCUT2D eigenvalue weighted by molar-refractivity contribution is 0.0687. The molecule has 0 atom stereocenters. The van der Waals surface area contributed by atoms with Gasteiger partial charge in [0.2, 0.25) is 10.0 Å². The molecule has 2 aromatic carbocycles. The maximum atomic E-state index is 12.5. The van der Waals surface area contributed by atoms with Gasteiger partial charge in [-0.3, -0.25) is 4.79 Å². The molecule has 1 heterocycles. The molecule has 1 fully saturated rings. The normalized spacial score (nSPS) is 15.7. The number of carbonyl (C=O) groups excluding carboxylic acids is 1. The van der Waals surface area contributed by atoms with Crippen LogP contribution in [0.2, 0.25) is 0 Å². The van der Waals surface area contributed by atoms with E-state index in [2.05, 4.69) is 4.72 Å². The molecule has 1 saturated heterocycles. The summed E-state index contributed by atoms with van der Waals surface area (Å²) in [5.74, 6) is 0.513. The Morgan fingerprint density at radius 2 is 1.67 bits per heavy atom. The molecule has 1 amide bonds. The number of benzene rings is 2. The second kappa shape index (κ2) is 8.67. The van der Waals surface area contributed by atoms with Crippen LogP contribution in [0.15, 0.2) is 59.5 Å². The van der Waals surface area contributed by atoms with Crippen molar-refractivity contribution in [2.75, 3.05) is 19.6 Å². The lowest BCUT2D eigenvalue weighted by Gasteiger charge is -2.32. The topological polar surface area (TPSA) is 66.5 Å². The maximum absolute atomic E-state index is 12.5. The number of piperidine rings is 1. The number of hydrogen-bond acceptors (Lipinski definition) is 3. The van der Waals surface area contributed by atoms with Crippen molar-refractivity contribution in [3.05, 3.63) is 65.7 Å². The molecule has 6 heteroatoms. The first-order chi connectivity index (χ1) is 13.0. The van der Waals surface area contributed by atoms with Gasteiger partial charge in [-0.05, 0) is 55.9 Å². The van der Waals surface area contributed by atoms with Gasteiger partial charge in [-0.1, -0.05) is 36.4 Å². The quantitative estimate of drug-likeness (QED) is 0.829. The Morgan fingerprint density at radius 3 is 2.33 bits per heavy atom. The van der Waals surface area contributed by atoms with Crippen molar-refractivity contribution in [1.82, 2.24) is 9.62 Å². The molecule has 0 bridgehead atoms. The zero-order valence-electron chi connectivity index (χ0n) is 15.6. The van der Waals surface area contributed by atoms with Crippen molar-refractivity contribution in [2.24, 2.45) is 5.92 Å². The Balaban J connectivity index is 1.46. The van der Waals surface area contributed by atoms with Crippen LogP contribution < -0.4 is 4.72 Å². The summed E-state index contributed by atoms with van der Waals surface area (Å²) >= 11 is 0. The van der Waals surface area contributed by atoms with E-state index < -0.39 is 10.0 Å². The highest BCUT2D eigenvalue weighted by Crippen LogP contribution is 2.22. The van der Waals surface area contributed by atoms with Gasteiger partial charge >= 0.3 is 0 Å². The summed E-state index contributed by atoms with van der Waals surface area (Å²) in [4.78, 5) is 14.7. The van der Waals surface area contributed by atoms with Crippen LogP contribution in [0.1, 0.15) is 35.2 Å². The number of carbonyl (C=O) groups is 1. The van der Waals surface area contributed by atoms with Crippen LogP contribution in [-0.2, 0) is 10.0 Å². The lowest BCUT2D eigenvalue weighted by Crippen LogP contribution is -2.39. The third-order valence-corrected chi connectivity index (χ3v) is 6.77. The number of nitrogens with one attached hydrogen (secondary N) is 1. The molecule has 0 aliphatic carbocycles. The first kappa shape index (κ1) is 19.6. The van der Waals surface area contributed by atoms with Crippen LogP contribution in [0, 0.1) is 12.8 Å². The Kier molecular flexibility index (Phi) is 6.29. The summed E-state index contributed by atoms with van der Waals surface area (Å²) in [6.07, 6.45) is 2.60. The van der Waals surface area contributed by atoms with Crippen LogP contribution in [0.5, 0.6) is 0 Å². The number of amides is 1. The molecule has 0 radical (unpaired) electrons. The molecule has 1 aliphatic rings. The van der Waals surface area contributed by atoms with Gasteiger partial charge < -0.3 is 4.90 Å². The average molecular weight is 387 g/mol. The zero-order valence-corrected chi connectivity index (χ0v) is 16.4. The number of sulfonamides is 1. The third-order valence-electron chi connectivity index (χ3n) is 5.15. The van der Waals surface area contributed by atoms with Gasteiger partial charge in [-0.15, -0.1) is 0 Å². The number of aryl methyl sites for hydroxylation is 1. The predicted molar refractivity (Wildman–Crippen MR) is 106 cm³/mol. The minimum Gasteiger partial charge on any atom is -0.339 e. The number of likely N-dealkylation sites (tertiary alicyclic amines) is 1. The highest BCUT2D eigenvalue weighted by atomic mass is 32.2. The predicted octanol–water partition coefficient (Wildman–Crippen LogP) is 3.22. The fourth-order valence-corrected chi connectivity index (χ4v) is 4.81. The molecule has 0 unspecified atom stereocenters. The first-order valence-electron chi connectivity index (χ1n) is 9.37. The largest absolute Gasteiger partial charge is 0.339 e. The summed E-state index contributed by atoms with van der Waals surface area (Å²) in [5.41, 5.74) is 1.47. The minimum atomic E-state index is -3.47. The minimum absolute atomic E-state index is 0.0781. The first-order valence-corrected chi connectivity index (χ1v) is 10.9. The van der Waals surface area contributed by atoms with Crippen LogP contribution in [-0.4, -0.2) is 38.9 Å². The lowest BCUT2D eigenvalue weighted by atomic mass is 9.93.